The zero-order chi connectivity index (χ0) is 14.5. The quantitative estimate of drug-likeness (QED) is 0.867. The summed E-state index contributed by atoms with van der Waals surface area (Å²) < 4.78 is 6.80. The molecule has 1 fully saturated rings. The van der Waals surface area contributed by atoms with Crippen LogP contribution in [0.2, 0.25) is 0 Å². The van der Waals surface area contributed by atoms with Crippen molar-refractivity contribution in [3.8, 4) is 0 Å². The maximum atomic E-state index is 12.1. The maximum absolute atomic E-state index is 12.1. The normalized spacial score (nSPS) is 16.9. The molecule has 0 aliphatic carbocycles. The zero-order valence-corrected chi connectivity index (χ0v) is 12.9. The average Bonchev–Trinajstić information content (AvgIpc) is 2.49. The fourth-order valence-corrected chi connectivity index (χ4v) is 2.37. The van der Waals surface area contributed by atoms with Gasteiger partial charge in [-0.25, -0.2) is 0 Å². The molecule has 0 aromatic carbocycles. The number of carbonyl (C=O) groups is 1. The van der Waals surface area contributed by atoms with Gasteiger partial charge in [-0.05, 0) is 31.7 Å². The van der Waals surface area contributed by atoms with Gasteiger partial charge in [-0.1, -0.05) is 0 Å². The number of aromatic nitrogens is 1. The molecule has 1 unspecified atom stereocenters. The lowest BCUT2D eigenvalue weighted by Crippen LogP contribution is -2.44. The van der Waals surface area contributed by atoms with Crippen molar-refractivity contribution in [2.75, 3.05) is 18.5 Å². The second-order valence-corrected chi connectivity index (χ2v) is 5.01. The standard InChI is InChI=1S/C14H21N3O3.ClH/c1-2-17-9-11(3-4-12(17)18)16-14(19)13(15)10-5-7-20-8-6-10;/h3-4,9-10,13H,2,5-8,15H2,1H3,(H,16,19);1H. The van der Waals surface area contributed by atoms with E-state index in [0.29, 0.717) is 25.4 Å². The SMILES string of the molecule is CCn1cc(NC(=O)C(N)C2CCOCC2)ccc1=O.Cl. The number of ether oxygens (including phenoxy) is 1. The number of nitrogens with zero attached hydrogens (tertiary/aromatic N) is 1. The Morgan fingerprint density at radius 1 is 1.48 bits per heavy atom. The third-order valence-corrected chi connectivity index (χ3v) is 3.67. The Kier molecular flexibility index (Phi) is 6.87. The fourth-order valence-electron chi connectivity index (χ4n) is 2.37. The largest absolute Gasteiger partial charge is 0.381 e. The van der Waals surface area contributed by atoms with E-state index in [1.54, 1.807) is 12.3 Å². The molecule has 1 aromatic heterocycles. The number of carbonyl (C=O) groups excluding carboxylic acids is 1. The molecular weight excluding hydrogens is 294 g/mol. The third kappa shape index (κ3) is 4.56. The average molecular weight is 316 g/mol. The lowest BCUT2D eigenvalue weighted by molar-refractivity contribution is -0.119. The number of nitrogens with two attached hydrogens (primary N) is 1. The Bertz CT molecular complexity index is 526. The Balaban J connectivity index is 0.00000220. The van der Waals surface area contributed by atoms with Gasteiger partial charge in [0, 0.05) is 32.0 Å². The summed E-state index contributed by atoms with van der Waals surface area (Å²) in [5.74, 6) is -0.0565. The number of hydrogen-bond acceptors (Lipinski definition) is 4. The second-order valence-electron chi connectivity index (χ2n) is 5.01. The minimum atomic E-state index is -0.541. The first-order valence-electron chi connectivity index (χ1n) is 6.96. The number of anilines is 1. The molecule has 118 valence electrons. The van der Waals surface area contributed by atoms with Crippen molar-refractivity contribution in [2.24, 2.45) is 11.7 Å². The smallest absolute Gasteiger partial charge is 0.250 e. The molecule has 0 spiro atoms. The molecule has 0 saturated carbocycles. The van der Waals surface area contributed by atoms with Gasteiger partial charge in [0.1, 0.15) is 0 Å². The van der Waals surface area contributed by atoms with E-state index in [4.69, 9.17) is 10.5 Å². The molecule has 2 rings (SSSR count). The highest BCUT2D eigenvalue weighted by atomic mass is 35.5. The fraction of sp³-hybridized carbons (Fsp3) is 0.571. The number of amides is 1. The first kappa shape index (κ1) is 17.7. The lowest BCUT2D eigenvalue weighted by Gasteiger charge is -2.26. The molecule has 1 atom stereocenters. The van der Waals surface area contributed by atoms with Crippen LogP contribution in [-0.4, -0.2) is 29.7 Å². The molecule has 7 heteroatoms. The summed E-state index contributed by atoms with van der Waals surface area (Å²) in [7, 11) is 0. The highest BCUT2D eigenvalue weighted by Crippen LogP contribution is 2.18. The van der Waals surface area contributed by atoms with Crippen molar-refractivity contribution in [3.63, 3.8) is 0 Å². The Labute approximate surface area is 130 Å². The summed E-state index contributed by atoms with van der Waals surface area (Å²) in [5, 5.41) is 2.78. The summed E-state index contributed by atoms with van der Waals surface area (Å²) in [6.07, 6.45) is 3.25. The van der Waals surface area contributed by atoms with E-state index < -0.39 is 6.04 Å². The van der Waals surface area contributed by atoms with Gasteiger partial charge in [0.25, 0.3) is 5.56 Å². The van der Waals surface area contributed by atoms with Crippen LogP contribution in [0.1, 0.15) is 19.8 Å². The van der Waals surface area contributed by atoms with E-state index in [0.717, 1.165) is 12.8 Å². The summed E-state index contributed by atoms with van der Waals surface area (Å²) >= 11 is 0. The number of nitrogens with one attached hydrogen (secondary N) is 1. The molecule has 1 aliphatic heterocycles. The number of pyridine rings is 1. The van der Waals surface area contributed by atoms with Crippen molar-refractivity contribution >= 4 is 24.0 Å². The van der Waals surface area contributed by atoms with Crippen molar-refractivity contribution in [1.82, 2.24) is 4.57 Å². The monoisotopic (exact) mass is 315 g/mol. The first-order valence-corrected chi connectivity index (χ1v) is 6.96. The van der Waals surface area contributed by atoms with Gasteiger partial charge in [-0.15, -0.1) is 12.4 Å². The van der Waals surface area contributed by atoms with Crippen LogP contribution >= 0.6 is 12.4 Å². The van der Waals surface area contributed by atoms with E-state index in [2.05, 4.69) is 5.32 Å². The van der Waals surface area contributed by atoms with Gasteiger partial charge < -0.3 is 20.4 Å². The Hall–Kier alpha value is -1.37. The minimum Gasteiger partial charge on any atom is -0.381 e. The van der Waals surface area contributed by atoms with E-state index in [9.17, 15) is 9.59 Å². The van der Waals surface area contributed by atoms with Crippen LogP contribution in [0.5, 0.6) is 0 Å². The van der Waals surface area contributed by atoms with Gasteiger partial charge in [-0.2, -0.15) is 0 Å². The van der Waals surface area contributed by atoms with E-state index in [1.165, 1.54) is 10.6 Å². The predicted molar refractivity (Wildman–Crippen MR) is 83.8 cm³/mol. The van der Waals surface area contributed by atoms with Crippen LogP contribution in [0, 0.1) is 5.92 Å². The summed E-state index contributed by atoms with van der Waals surface area (Å²) in [6, 6.07) is 2.50. The molecule has 6 nitrogen and oxygen atoms in total. The van der Waals surface area contributed by atoms with Crippen molar-refractivity contribution in [2.45, 2.75) is 32.4 Å². The molecule has 2 heterocycles. The van der Waals surface area contributed by atoms with Crippen molar-refractivity contribution in [1.29, 1.82) is 0 Å². The van der Waals surface area contributed by atoms with Gasteiger partial charge in [0.2, 0.25) is 5.91 Å². The van der Waals surface area contributed by atoms with Crippen molar-refractivity contribution < 1.29 is 9.53 Å². The van der Waals surface area contributed by atoms with Gasteiger partial charge in [-0.3, -0.25) is 9.59 Å². The molecule has 1 aliphatic rings. The highest BCUT2D eigenvalue weighted by Gasteiger charge is 2.26. The number of rotatable bonds is 4. The number of hydrogen-bond donors (Lipinski definition) is 2. The van der Waals surface area contributed by atoms with Gasteiger partial charge >= 0.3 is 0 Å². The van der Waals surface area contributed by atoms with Crippen LogP contribution in [0.15, 0.2) is 23.1 Å². The van der Waals surface area contributed by atoms with Crippen LogP contribution < -0.4 is 16.6 Å². The Morgan fingerprint density at radius 3 is 2.76 bits per heavy atom. The Morgan fingerprint density at radius 2 is 2.14 bits per heavy atom. The maximum Gasteiger partial charge on any atom is 0.250 e. The van der Waals surface area contributed by atoms with Gasteiger partial charge in [0.15, 0.2) is 0 Å². The molecule has 0 bridgehead atoms. The topological polar surface area (TPSA) is 86.3 Å². The molecule has 1 aromatic rings. The molecule has 3 N–H and O–H groups in total. The molecule has 1 amide bonds. The highest BCUT2D eigenvalue weighted by molar-refractivity contribution is 5.94. The summed E-state index contributed by atoms with van der Waals surface area (Å²) in [6.45, 7) is 3.76. The second kappa shape index (κ2) is 8.17. The summed E-state index contributed by atoms with van der Waals surface area (Å²) in [5.41, 5.74) is 6.52. The van der Waals surface area contributed by atoms with E-state index in [1.807, 2.05) is 6.92 Å². The third-order valence-electron chi connectivity index (χ3n) is 3.67. The zero-order valence-electron chi connectivity index (χ0n) is 12.1. The van der Waals surface area contributed by atoms with Crippen LogP contribution in [0.25, 0.3) is 0 Å². The minimum absolute atomic E-state index is 0. The number of halogens is 1. The first-order chi connectivity index (χ1) is 9.61. The predicted octanol–water partition coefficient (Wildman–Crippen LogP) is 0.982. The lowest BCUT2D eigenvalue weighted by atomic mass is 9.92. The molecule has 1 saturated heterocycles. The summed E-state index contributed by atoms with van der Waals surface area (Å²) in [4.78, 5) is 23.6. The van der Waals surface area contributed by atoms with E-state index in [-0.39, 0.29) is 29.8 Å². The van der Waals surface area contributed by atoms with Crippen molar-refractivity contribution in [3.05, 3.63) is 28.7 Å². The van der Waals surface area contributed by atoms with Crippen LogP contribution in [-0.2, 0) is 16.1 Å². The number of aryl methyl sites for hydroxylation is 1. The molecular formula is C14H22ClN3O3. The molecule has 0 radical (unpaired) electrons. The van der Waals surface area contributed by atoms with Crippen LogP contribution in [0.3, 0.4) is 0 Å². The van der Waals surface area contributed by atoms with Gasteiger partial charge in [0.05, 0.1) is 11.7 Å². The van der Waals surface area contributed by atoms with E-state index >= 15 is 0 Å². The van der Waals surface area contributed by atoms with Crippen LogP contribution in [0.4, 0.5) is 5.69 Å². The molecule has 21 heavy (non-hydrogen) atoms.